The summed E-state index contributed by atoms with van der Waals surface area (Å²) in [5, 5.41) is 3.24. The molecule has 1 saturated heterocycles. The number of nitrogens with one attached hydrogen (secondary N) is 1. The van der Waals surface area contributed by atoms with Crippen LogP contribution >= 0.6 is 24.2 Å². The van der Waals surface area contributed by atoms with Crippen LogP contribution in [0.2, 0.25) is 0 Å². The second kappa shape index (κ2) is 8.41. The first kappa shape index (κ1) is 18.6. The Morgan fingerprint density at radius 1 is 1.30 bits per heavy atom. The van der Waals surface area contributed by atoms with Crippen molar-refractivity contribution in [3.8, 4) is 0 Å². The van der Waals surface area contributed by atoms with E-state index < -0.39 is 0 Å². The molecular formula is C18H27ClN2OS. The summed E-state index contributed by atoms with van der Waals surface area (Å²) >= 11 is 1.80. The second-order valence-electron chi connectivity index (χ2n) is 6.58. The maximum atomic E-state index is 13.2. The van der Waals surface area contributed by atoms with Crippen LogP contribution in [0.1, 0.15) is 32.1 Å². The SMILES string of the molecule is CNCC1CCN(C(=O)C2(Sc3ccccc3)CCCC2)C1.Cl. The maximum Gasteiger partial charge on any atom is 0.239 e. The van der Waals surface area contributed by atoms with E-state index in [4.69, 9.17) is 0 Å². The first-order valence-corrected chi connectivity index (χ1v) is 9.23. The molecule has 5 heteroatoms. The number of carbonyl (C=O) groups excluding carboxylic acids is 1. The number of benzene rings is 1. The molecule has 0 spiro atoms. The van der Waals surface area contributed by atoms with Gasteiger partial charge >= 0.3 is 0 Å². The van der Waals surface area contributed by atoms with Gasteiger partial charge in [-0.1, -0.05) is 31.0 Å². The van der Waals surface area contributed by atoms with Gasteiger partial charge in [-0.25, -0.2) is 0 Å². The molecule has 1 saturated carbocycles. The Bertz CT molecular complexity index is 505. The average Bonchev–Trinajstić information content (AvgIpc) is 3.18. The highest BCUT2D eigenvalue weighted by molar-refractivity contribution is 8.01. The van der Waals surface area contributed by atoms with Gasteiger partial charge in [-0.2, -0.15) is 0 Å². The van der Waals surface area contributed by atoms with Crippen LogP contribution in [0.5, 0.6) is 0 Å². The summed E-state index contributed by atoms with van der Waals surface area (Å²) in [5.41, 5.74) is 0. The number of likely N-dealkylation sites (tertiary alicyclic amines) is 1. The number of halogens is 1. The van der Waals surface area contributed by atoms with Crippen molar-refractivity contribution in [1.82, 2.24) is 10.2 Å². The number of hydrogen-bond acceptors (Lipinski definition) is 3. The molecule has 1 aliphatic carbocycles. The van der Waals surface area contributed by atoms with Crippen LogP contribution in [0.15, 0.2) is 35.2 Å². The number of nitrogens with zero attached hydrogens (tertiary/aromatic N) is 1. The normalized spacial score (nSPS) is 22.8. The van der Waals surface area contributed by atoms with Crippen LogP contribution in [-0.4, -0.2) is 42.2 Å². The smallest absolute Gasteiger partial charge is 0.239 e. The van der Waals surface area contributed by atoms with Crippen LogP contribution in [-0.2, 0) is 4.79 Å². The lowest BCUT2D eigenvalue weighted by Crippen LogP contribution is -2.44. The monoisotopic (exact) mass is 354 g/mol. The van der Waals surface area contributed by atoms with Gasteiger partial charge in [-0.3, -0.25) is 4.79 Å². The van der Waals surface area contributed by atoms with E-state index in [0.29, 0.717) is 11.8 Å². The number of hydrogen-bond donors (Lipinski definition) is 1. The zero-order valence-electron chi connectivity index (χ0n) is 13.8. The molecule has 128 valence electrons. The van der Waals surface area contributed by atoms with Gasteiger partial charge in [0.1, 0.15) is 0 Å². The Morgan fingerprint density at radius 3 is 2.65 bits per heavy atom. The fourth-order valence-corrected chi connectivity index (χ4v) is 5.23. The van der Waals surface area contributed by atoms with Crippen molar-refractivity contribution in [1.29, 1.82) is 0 Å². The topological polar surface area (TPSA) is 32.3 Å². The number of rotatable bonds is 5. The molecule has 2 aliphatic rings. The lowest BCUT2D eigenvalue weighted by Gasteiger charge is -2.32. The van der Waals surface area contributed by atoms with Gasteiger partial charge in [0.15, 0.2) is 0 Å². The fraction of sp³-hybridized carbons (Fsp3) is 0.611. The molecule has 1 heterocycles. The molecule has 3 rings (SSSR count). The standard InChI is InChI=1S/C18H26N2OS.ClH/c1-19-13-15-9-12-20(14-15)17(21)18(10-5-6-11-18)22-16-7-3-2-4-8-16;/h2-4,7-8,15,19H,5-6,9-14H2,1H3;1H. The summed E-state index contributed by atoms with van der Waals surface area (Å²) in [6, 6.07) is 10.4. The predicted molar refractivity (Wildman–Crippen MR) is 99.4 cm³/mol. The fourth-order valence-electron chi connectivity index (χ4n) is 3.78. The van der Waals surface area contributed by atoms with Crippen LogP contribution in [0, 0.1) is 5.92 Å². The van der Waals surface area contributed by atoms with Gasteiger partial charge < -0.3 is 10.2 Å². The van der Waals surface area contributed by atoms with Gasteiger partial charge in [-0.15, -0.1) is 24.2 Å². The highest BCUT2D eigenvalue weighted by atomic mass is 35.5. The van der Waals surface area contributed by atoms with Gasteiger partial charge in [0.05, 0.1) is 4.75 Å². The van der Waals surface area contributed by atoms with Crippen molar-refractivity contribution in [3.63, 3.8) is 0 Å². The number of amides is 1. The summed E-state index contributed by atoms with van der Waals surface area (Å²) in [4.78, 5) is 16.6. The third-order valence-corrected chi connectivity index (χ3v) is 6.40. The van der Waals surface area contributed by atoms with Crippen LogP contribution in [0.25, 0.3) is 0 Å². The Labute approximate surface area is 150 Å². The minimum Gasteiger partial charge on any atom is -0.341 e. The number of thioether (sulfide) groups is 1. The van der Waals surface area contributed by atoms with Crippen molar-refractivity contribution in [3.05, 3.63) is 30.3 Å². The van der Waals surface area contributed by atoms with E-state index in [2.05, 4.69) is 34.5 Å². The van der Waals surface area contributed by atoms with Crippen molar-refractivity contribution >= 4 is 30.1 Å². The molecule has 1 unspecified atom stereocenters. The highest BCUT2D eigenvalue weighted by Crippen LogP contribution is 2.47. The van der Waals surface area contributed by atoms with Gasteiger partial charge in [0.2, 0.25) is 5.91 Å². The van der Waals surface area contributed by atoms with E-state index in [-0.39, 0.29) is 17.2 Å². The Balaban J connectivity index is 0.00000192. The molecular weight excluding hydrogens is 328 g/mol. The van der Waals surface area contributed by atoms with E-state index in [1.54, 1.807) is 11.8 Å². The van der Waals surface area contributed by atoms with E-state index in [0.717, 1.165) is 38.9 Å². The first-order valence-electron chi connectivity index (χ1n) is 8.41. The summed E-state index contributed by atoms with van der Waals surface area (Å²) in [7, 11) is 1.99. The molecule has 2 fully saturated rings. The molecule has 3 nitrogen and oxygen atoms in total. The Morgan fingerprint density at radius 2 is 2.00 bits per heavy atom. The number of carbonyl (C=O) groups is 1. The third kappa shape index (κ3) is 4.23. The second-order valence-corrected chi connectivity index (χ2v) is 8.04. The maximum absolute atomic E-state index is 13.2. The molecule has 1 aromatic carbocycles. The Kier molecular flexibility index (Phi) is 6.81. The highest BCUT2D eigenvalue weighted by Gasteiger charge is 2.45. The van der Waals surface area contributed by atoms with Crippen molar-refractivity contribution in [2.75, 3.05) is 26.7 Å². The van der Waals surface area contributed by atoms with Crippen LogP contribution in [0.4, 0.5) is 0 Å². The zero-order valence-corrected chi connectivity index (χ0v) is 15.4. The van der Waals surface area contributed by atoms with Gasteiger partial charge in [-0.05, 0) is 50.9 Å². The molecule has 1 N–H and O–H groups in total. The lowest BCUT2D eigenvalue weighted by atomic mass is 10.1. The van der Waals surface area contributed by atoms with Crippen molar-refractivity contribution < 1.29 is 4.79 Å². The quantitative estimate of drug-likeness (QED) is 0.877. The molecule has 1 amide bonds. The molecule has 23 heavy (non-hydrogen) atoms. The average molecular weight is 355 g/mol. The molecule has 1 aliphatic heterocycles. The van der Waals surface area contributed by atoms with E-state index in [9.17, 15) is 4.79 Å². The van der Waals surface area contributed by atoms with E-state index in [1.165, 1.54) is 17.7 Å². The molecule has 0 bridgehead atoms. The van der Waals surface area contributed by atoms with Crippen LogP contribution < -0.4 is 5.32 Å². The molecule has 1 aromatic rings. The molecule has 1 atom stereocenters. The Hall–Kier alpha value is -0.710. The largest absolute Gasteiger partial charge is 0.341 e. The van der Waals surface area contributed by atoms with E-state index >= 15 is 0 Å². The molecule has 0 aromatic heterocycles. The van der Waals surface area contributed by atoms with Crippen LogP contribution in [0.3, 0.4) is 0 Å². The first-order chi connectivity index (χ1) is 10.7. The van der Waals surface area contributed by atoms with Gasteiger partial charge in [0, 0.05) is 18.0 Å². The minimum absolute atomic E-state index is 0. The summed E-state index contributed by atoms with van der Waals surface area (Å²) < 4.78 is -0.212. The lowest BCUT2D eigenvalue weighted by molar-refractivity contribution is -0.132. The summed E-state index contributed by atoms with van der Waals surface area (Å²) in [6.45, 7) is 2.88. The summed E-state index contributed by atoms with van der Waals surface area (Å²) in [5.74, 6) is 1.01. The third-order valence-electron chi connectivity index (χ3n) is 4.92. The predicted octanol–water partition coefficient (Wildman–Crippen LogP) is 3.58. The summed E-state index contributed by atoms with van der Waals surface area (Å²) in [6.07, 6.45) is 5.55. The zero-order chi connectivity index (χ0) is 15.4. The molecule has 0 radical (unpaired) electrons. The van der Waals surface area contributed by atoms with Crippen molar-refractivity contribution in [2.24, 2.45) is 5.92 Å². The minimum atomic E-state index is -0.212. The van der Waals surface area contributed by atoms with Crippen molar-refractivity contribution in [2.45, 2.75) is 41.7 Å². The van der Waals surface area contributed by atoms with Gasteiger partial charge in [0.25, 0.3) is 0 Å². The van der Waals surface area contributed by atoms with E-state index in [1.807, 2.05) is 13.1 Å².